The molecule has 7 nitrogen and oxygen atoms in total. The standard InChI is InChI=1S/C12H15N5O2/c1-3-9-14-7(2)4-10(16-9)13-6-8-5-11(18)17-12(19)15-8/h4-5H,3,6H2,1-2H3,(H,13,14,16)(H2,15,17,18,19). The molecule has 0 bridgehead atoms. The van der Waals surface area contributed by atoms with E-state index in [0.29, 0.717) is 18.1 Å². The number of hydrogen-bond donors (Lipinski definition) is 3. The summed E-state index contributed by atoms with van der Waals surface area (Å²) in [6.45, 7) is 4.19. The molecule has 2 aromatic rings. The normalized spacial score (nSPS) is 10.4. The van der Waals surface area contributed by atoms with Crippen LogP contribution < -0.4 is 16.6 Å². The fourth-order valence-electron chi connectivity index (χ4n) is 1.68. The molecule has 3 N–H and O–H groups in total. The lowest BCUT2D eigenvalue weighted by molar-refractivity contribution is 0.898. The molecule has 0 atom stereocenters. The molecule has 2 rings (SSSR count). The molecule has 0 amide bonds. The Morgan fingerprint density at radius 1 is 1.21 bits per heavy atom. The average molecular weight is 261 g/mol. The molecule has 0 saturated carbocycles. The first-order valence-electron chi connectivity index (χ1n) is 5.98. The van der Waals surface area contributed by atoms with Gasteiger partial charge < -0.3 is 10.3 Å². The topological polar surface area (TPSA) is 104 Å². The number of aromatic amines is 2. The van der Waals surface area contributed by atoms with Crippen molar-refractivity contribution in [2.75, 3.05) is 5.32 Å². The van der Waals surface area contributed by atoms with Gasteiger partial charge in [-0.3, -0.25) is 9.78 Å². The van der Waals surface area contributed by atoms with Gasteiger partial charge >= 0.3 is 5.69 Å². The molecule has 2 heterocycles. The Morgan fingerprint density at radius 2 is 2.00 bits per heavy atom. The van der Waals surface area contributed by atoms with Crippen molar-refractivity contribution in [1.82, 2.24) is 19.9 Å². The van der Waals surface area contributed by atoms with Crippen molar-refractivity contribution in [3.63, 3.8) is 0 Å². The number of anilines is 1. The maximum atomic E-state index is 11.1. The maximum absolute atomic E-state index is 11.1. The van der Waals surface area contributed by atoms with Gasteiger partial charge in [-0.2, -0.15) is 0 Å². The van der Waals surface area contributed by atoms with Gasteiger partial charge in [-0.1, -0.05) is 6.92 Å². The summed E-state index contributed by atoms with van der Waals surface area (Å²) in [5.74, 6) is 1.42. The van der Waals surface area contributed by atoms with Crippen LogP contribution in [-0.2, 0) is 13.0 Å². The monoisotopic (exact) mass is 261 g/mol. The van der Waals surface area contributed by atoms with E-state index >= 15 is 0 Å². The highest BCUT2D eigenvalue weighted by Gasteiger charge is 2.02. The Balaban J connectivity index is 2.16. The minimum Gasteiger partial charge on any atom is -0.364 e. The van der Waals surface area contributed by atoms with Gasteiger partial charge in [-0.25, -0.2) is 14.8 Å². The summed E-state index contributed by atoms with van der Waals surface area (Å²) in [5, 5.41) is 3.06. The molecule has 2 aromatic heterocycles. The molecule has 19 heavy (non-hydrogen) atoms. The van der Waals surface area contributed by atoms with Crippen LogP contribution in [0.15, 0.2) is 21.7 Å². The van der Waals surface area contributed by atoms with Crippen molar-refractivity contribution in [3.05, 3.63) is 50.2 Å². The predicted molar refractivity (Wildman–Crippen MR) is 71.2 cm³/mol. The van der Waals surface area contributed by atoms with E-state index in [0.717, 1.165) is 17.9 Å². The van der Waals surface area contributed by atoms with Crippen molar-refractivity contribution < 1.29 is 0 Å². The van der Waals surface area contributed by atoms with Crippen LogP contribution in [0.2, 0.25) is 0 Å². The molecule has 100 valence electrons. The maximum Gasteiger partial charge on any atom is 0.325 e. The van der Waals surface area contributed by atoms with E-state index in [1.165, 1.54) is 6.07 Å². The molecule has 0 aliphatic heterocycles. The molecule has 0 unspecified atom stereocenters. The molecule has 7 heteroatoms. The first-order chi connectivity index (χ1) is 9.06. The minimum absolute atomic E-state index is 0.318. The summed E-state index contributed by atoms with van der Waals surface area (Å²) in [5.41, 5.74) is 0.433. The van der Waals surface area contributed by atoms with E-state index in [9.17, 15) is 9.59 Å². The van der Waals surface area contributed by atoms with E-state index < -0.39 is 11.2 Å². The molecular formula is C12H15N5O2. The Bertz CT molecular complexity index is 661. The lowest BCUT2D eigenvalue weighted by Gasteiger charge is -2.07. The van der Waals surface area contributed by atoms with Gasteiger partial charge in [-0.15, -0.1) is 0 Å². The van der Waals surface area contributed by atoms with Crippen LogP contribution in [0.5, 0.6) is 0 Å². The number of aromatic nitrogens is 4. The Labute approximate surface area is 109 Å². The van der Waals surface area contributed by atoms with Crippen LogP contribution >= 0.6 is 0 Å². The van der Waals surface area contributed by atoms with Crippen molar-refractivity contribution in [2.45, 2.75) is 26.8 Å². The molecule has 0 aliphatic carbocycles. The quantitative estimate of drug-likeness (QED) is 0.736. The number of rotatable bonds is 4. The van der Waals surface area contributed by atoms with E-state index in [1.807, 2.05) is 19.9 Å². The van der Waals surface area contributed by atoms with Crippen molar-refractivity contribution >= 4 is 5.82 Å². The zero-order valence-corrected chi connectivity index (χ0v) is 10.8. The van der Waals surface area contributed by atoms with Crippen LogP contribution in [0.1, 0.15) is 24.1 Å². The highest BCUT2D eigenvalue weighted by Crippen LogP contribution is 2.07. The molecule has 0 aliphatic rings. The van der Waals surface area contributed by atoms with Gasteiger partial charge in [0.15, 0.2) is 0 Å². The van der Waals surface area contributed by atoms with E-state index in [4.69, 9.17) is 0 Å². The minimum atomic E-state index is -0.516. The fourth-order valence-corrected chi connectivity index (χ4v) is 1.68. The van der Waals surface area contributed by atoms with Crippen LogP contribution in [0, 0.1) is 6.92 Å². The second-order valence-electron chi connectivity index (χ2n) is 4.13. The zero-order chi connectivity index (χ0) is 13.8. The Kier molecular flexibility index (Phi) is 3.74. The van der Waals surface area contributed by atoms with Crippen LogP contribution in [0.25, 0.3) is 0 Å². The second-order valence-corrected chi connectivity index (χ2v) is 4.13. The third kappa shape index (κ3) is 3.51. The van der Waals surface area contributed by atoms with Crippen molar-refractivity contribution in [2.24, 2.45) is 0 Å². The van der Waals surface area contributed by atoms with Crippen molar-refractivity contribution in [3.8, 4) is 0 Å². The molecule has 0 spiro atoms. The molecule has 0 saturated heterocycles. The number of nitrogens with zero attached hydrogens (tertiary/aromatic N) is 2. The Morgan fingerprint density at radius 3 is 2.68 bits per heavy atom. The first-order valence-corrected chi connectivity index (χ1v) is 5.98. The lowest BCUT2D eigenvalue weighted by Crippen LogP contribution is -2.24. The van der Waals surface area contributed by atoms with Gasteiger partial charge in [0, 0.05) is 29.9 Å². The summed E-state index contributed by atoms with van der Waals surface area (Å²) < 4.78 is 0. The Hall–Kier alpha value is -2.44. The van der Waals surface area contributed by atoms with E-state index in [-0.39, 0.29) is 0 Å². The number of nitrogens with one attached hydrogen (secondary N) is 3. The summed E-state index contributed by atoms with van der Waals surface area (Å²) in [7, 11) is 0. The zero-order valence-electron chi connectivity index (χ0n) is 10.8. The second kappa shape index (κ2) is 5.47. The van der Waals surface area contributed by atoms with Gasteiger partial charge in [0.25, 0.3) is 5.56 Å². The number of H-pyrrole nitrogens is 2. The lowest BCUT2D eigenvalue weighted by atomic mass is 10.3. The average Bonchev–Trinajstić information content (AvgIpc) is 2.34. The van der Waals surface area contributed by atoms with E-state index in [2.05, 4.69) is 25.3 Å². The van der Waals surface area contributed by atoms with Crippen molar-refractivity contribution in [1.29, 1.82) is 0 Å². The molecule has 0 fully saturated rings. The SMILES string of the molecule is CCc1nc(C)cc(NCc2cc(=O)[nH]c(=O)[nH]2)n1. The van der Waals surface area contributed by atoms with Crippen LogP contribution in [0.3, 0.4) is 0 Å². The van der Waals surface area contributed by atoms with Crippen LogP contribution in [0.4, 0.5) is 5.82 Å². The summed E-state index contributed by atoms with van der Waals surface area (Å²) >= 11 is 0. The summed E-state index contributed by atoms with van der Waals surface area (Å²) in [6.07, 6.45) is 0.748. The van der Waals surface area contributed by atoms with Gasteiger partial charge in [-0.05, 0) is 6.92 Å². The summed E-state index contributed by atoms with van der Waals surface area (Å²) in [4.78, 5) is 35.5. The number of hydrogen-bond acceptors (Lipinski definition) is 5. The highest BCUT2D eigenvalue weighted by molar-refractivity contribution is 5.36. The largest absolute Gasteiger partial charge is 0.364 e. The molecular weight excluding hydrogens is 246 g/mol. The molecule has 0 radical (unpaired) electrons. The third-order valence-corrected chi connectivity index (χ3v) is 2.49. The highest BCUT2D eigenvalue weighted by atomic mass is 16.2. The van der Waals surface area contributed by atoms with Crippen LogP contribution in [-0.4, -0.2) is 19.9 Å². The number of aryl methyl sites for hydroxylation is 2. The van der Waals surface area contributed by atoms with Gasteiger partial charge in [0.1, 0.15) is 11.6 Å². The fraction of sp³-hybridized carbons (Fsp3) is 0.333. The van der Waals surface area contributed by atoms with E-state index in [1.54, 1.807) is 0 Å². The predicted octanol–water partition coefficient (Wildman–Crippen LogP) is 0.336. The van der Waals surface area contributed by atoms with Gasteiger partial charge in [0.2, 0.25) is 0 Å². The third-order valence-electron chi connectivity index (χ3n) is 2.49. The smallest absolute Gasteiger partial charge is 0.325 e. The van der Waals surface area contributed by atoms with Gasteiger partial charge in [0.05, 0.1) is 6.54 Å². The summed E-state index contributed by atoms with van der Waals surface area (Å²) in [6, 6.07) is 3.15. The first kappa shape index (κ1) is 13.0. The molecule has 0 aromatic carbocycles.